The summed E-state index contributed by atoms with van der Waals surface area (Å²) in [7, 11) is 0. The van der Waals surface area contributed by atoms with E-state index in [1.807, 2.05) is 13.8 Å². The Balaban J connectivity index is 2.06. The molecule has 0 radical (unpaired) electrons. The van der Waals surface area contributed by atoms with E-state index in [9.17, 15) is 20.1 Å². The van der Waals surface area contributed by atoms with Gasteiger partial charge in [-0.1, -0.05) is 34.1 Å². The number of rotatable bonds is 1. The Bertz CT molecular complexity index is 766. The van der Waals surface area contributed by atoms with Gasteiger partial charge in [-0.25, -0.2) is 0 Å². The van der Waals surface area contributed by atoms with Gasteiger partial charge in [0.25, 0.3) is 0 Å². The van der Waals surface area contributed by atoms with E-state index < -0.39 is 17.6 Å². The van der Waals surface area contributed by atoms with E-state index in [1.54, 1.807) is 6.07 Å². The number of esters is 1. The third-order valence-corrected chi connectivity index (χ3v) is 6.73. The summed E-state index contributed by atoms with van der Waals surface area (Å²) >= 11 is 0. The zero-order chi connectivity index (χ0) is 18.3. The van der Waals surface area contributed by atoms with E-state index in [4.69, 9.17) is 4.74 Å². The molecule has 25 heavy (non-hydrogen) atoms. The molecule has 2 aliphatic carbocycles. The number of aliphatic hydroxyl groups excluding tert-OH is 1. The smallest absolute Gasteiger partial charge is 0.317 e. The first-order valence-electron chi connectivity index (χ1n) is 9.11. The van der Waals surface area contributed by atoms with Crippen LogP contribution >= 0.6 is 0 Å². The van der Waals surface area contributed by atoms with Crippen LogP contribution in [0.5, 0.6) is 11.5 Å². The molecule has 2 fully saturated rings. The minimum Gasteiger partial charge on any atom is -0.504 e. The Labute approximate surface area is 147 Å². The third-order valence-electron chi connectivity index (χ3n) is 6.73. The van der Waals surface area contributed by atoms with Gasteiger partial charge in [0.2, 0.25) is 0 Å². The van der Waals surface area contributed by atoms with Crippen LogP contribution in [-0.4, -0.2) is 27.4 Å². The van der Waals surface area contributed by atoms with Crippen LogP contribution in [0.3, 0.4) is 0 Å². The van der Waals surface area contributed by atoms with Crippen LogP contribution in [-0.2, 0) is 14.9 Å². The second-order valence-electron chi connectivity index (χ2n) is 8.89. The molecular formula is C20H26O5. The van der Waals surface area contributed by atoms with Gasteiger partial charge in [0.15, 0.2) is 11.5 Å². The van der Waals surface area contributed by atoms with Crippen LogP contribution in [0.2, 0.25) is 0 Å². The number of aromatic hydroxyl groups is 2. The van der Waals surface area contributed by atoms with Crippen LogP contribution in [0.25, 0.3) is 0 Å². The van der Waals surface area contributed by atoms with Crippen molar-refractivity contribution in [1.82, 2.24) is 0 Å². The molecule has 5 nitrogen and oxygen atoms in total. The monoisotopic (exact) mass is 346 g/mol. The van der Waals surface area contributed by atoms with Crippen LogP contribution < -0.4 is 0 Å². The number of hydrogen-bond donors (Lipinski definition) is 3. The zero-order valence-corrected chi connectivity index (χ0v) is 15.2. The summed E-state index contributed by atoms with van der Waals surface area (Å²) in [5.41, 5.74) is 0.319. The predicted octanol–water partition coefficient (Wildman–Crippen LogP) is 3.26. The summed E-state index contributed by atoms with van der Waals surface area (Å²) in [4.78, 5) is 13.0. The molecule has 0 aromatic heterocycles. The second kappa shape index (κ2) is 4.91. The molecule has 1 saturated carbocycles. The Hall–Kier alpha value is -1.75. The molecule has 1 aromatic rings. The molecule has 1 aliphatic heterocycles. The van der Waals surface area contributed by atoms with Gasteiger partial charge in [-0.2, -0.15) is 0 Å². The van der Waals surface area contributed by atoms with Crippen molar-refractivity contribution in [3.8, 4) is 11.5 Å². The van der Waals surface area contributed by atoms with Crippen LogP contribution in [0, 0.1) is 11.3 Å². The molecular weight excluding hydrogens is 320 g/mol. The molecule has 136 valence electrons. The second-order valence-corrected chi connectivity index (χ2v) is 8.89. The van der Waals surface area contributed by atoms with E-state index in [0.717, 1.165) is 12.8 Å². The van der Waals surface area contributed by atoms with Crippen molar-refractivity contribution >= 4 is 5.97 Å². The van der Waals surface area contributed by atoms with Crippen LogP contribution in [0.4, 0.5) is 0 Å². The molecule has 4 atom stereocenters. The number of phenols is 2. The molecule has 4 rings (SSSR count). The van der Waals surface area contributed by atoms with Gasteiger partial charge < -0.3 is 20.1 Å². The Kier molecular flexibility index (Phi) is 3.28. The standard InChI is InChI=1S/C20H26O5/c1-9(2)10-8-11-12(15(23)13(10)21)20-7-5-6-19(3,4)17(20)16(14(11)22)25-18(20)24/h8-9,14,16-17,21-23H,5-7H2,1-4H3/t14?,16?,17?,20-/m0/s1. The van der Waals surface area contributed by atoms with Crippen molar-refractivity contribution in [2.45, 2.75) is 70.5 Å². The minimum atomic E-state index is -0.985. The molecule has 3 N–H and O–H groups in total. The highest BCUT2D eigenvalue weighted by Gasteiger charge is 2.70. The number of aliphatic hydroxyl groups is 1. The quantitative estimate of drug-likeness (QED) is 0.537. The fraction of sp³-hybridized carbons (Fsp3) is 0.650. The van der Waals surface area contributed by atoms with Crippen molar-refractivity contribution in [3.05, 3.63) is 22.8 Å². The minimum absolute atomic E-state index is 0.0179. The van der Waals surface area contributed by atoms with E-state index in [-0.39, 0.29) is 34.7 Å². The zero-order valence-electron chi connectivity index (χ0n) is 15.2. The van der Waals surface area contributed by atoms with Gasteiger partial charge in [0, 0.05) is 17.0 Å². The first kappa shape index (κ1) is 16.7. The topological polar surface area (TPSA) is 87.0 Å². The fourth-order valence-corrected chi connectivity index (χ4v) is 5.70. The average Bonchev–Trinajstić information content (AvgIpc) is 2.79. The molecule has 1 aromatic carbocycles. The summed E-state index contributed by atoms with van der Waals surface area (Å²) in [5.74, 6) is -1.05. The summed E-state index contributed by atoms with van der Waals surface area (Å²) in [6.45, 7) is 8.02. The number of carbonyl (C=O) groups is 1. The number of hydrogen-bond acceptors (Lipinski definition) is 5. The highest BCUT2D eigenvalue weighted by molar-refractivity contribution is 5.90. The Morgan fingerprint density at radius 1 is 1.20 bits per heavy atom. The van der Waals surface area contributed by atoms with Gasteiger partial charge in [-0.05, 0) is 35.8 Å². The maximum atomic E-state index is 13.0. The lowest BCUT2D eigenvalue weighted by atomic mass is 9.49. The molecule has 3 unspecified atom stereocenters. The van der Waals surface area contributed by atoms with Crippen molar-refractivity contribution < 1.29 is 24.9 Å². The number of phenolic OH excluding ortho intramolecular Hbond substituents is 2. The maximum Gasteiger partial charge on any atom is 0.317 e. The lowest BCUT2D eigenvalue weighted by molar-refractivity contribution is -0.148. The van der Waals surface area contributed by atoms with Crippen molar-refractivity contribution in [2.75, 3.05) is 0 Å². The van der Waals surface area contributed by atoms with Crippen LogP contribution in [0.1, 0.15) is 75.7 Å². The highest BCUT2D eigenvalue weighted by Crippen LogP contribution is 2.66. The summed E-state index contributed by atoms with van der Waals surface area (Å²) in [6, 6.07) is 1.74. The van der Waals surface area contributed by atoms with Gasteiger partial charge in [-0.3, -0.25) is 4.79 Å². The molecule has 1 saturated heterocycles. The number of carbonyl (C=O) groups excluding carboxylic acids is 1. The van der Waals surface area contributed by atoms with E-state index in [0.29, 0.717) is 23.1 Å². The van der Waals surface area contributed by atoms with E-state index in [2.05, 4.69) is 13.8 Å². The molecule has 2 bridgehead atoms. The molecule has 3 aliphatic rings. The molecule has 1 heterocycles. The van der Waals surface area contributed by atoms with Gasteiger partial charge in [-0.15, -0.1) is 0 Å². The lowest BCUT2D eigenvalue weighted by Crippen LogP contribution is -2.54. The highest BCUT2D eigenvalue weighted by atomic mass is 16.6. The van der Waals surface area contributed by atoms with E-state index in [1.165, 1.54) is 0 Å². The molecule has 0 spiro atoms. The average molecular weight is 346 g/mol. The number of benzene rings is 1. The fourth-order valence-electron chi connectivity index (χ4n) is 5.70. The predicted molar refractivity (Wildman–Crippen MR) is 91.5 cm³/mol. The van der Waals surface area contributed by atoms with Gasteiger partial charge >= 0.3 is 5.97 Å². The Morgan fingerprint density at radius 2 is 1.88 bits per heavy atom. The Morgan fingerprint density at radius 3 is 2.52 bits per heavy atom. The third kappa shape index (κ3) is 1.85. The normalized spacial score (nSPS) is 35.3. The van der Waals surface area contributed by atoms with E-state index >= 15 is 0 Å². The number of ether oxygens (including phenoxy) is 1. The van der Waals surface area contributed by atoms with Crippen LogP contribution in [0.15, 0.2) is 6.07 Å². The molecule has 5 heteroatoms. The largest absolute Gasteiger partial charge is 0.504 e. The number of fused-ring (bicyclic) bond motifs is 1. The van der Waals surface area contributed by atoms with Gasteiger partial charge in [0.05, 0.1) is 0 Å². The lowest BCUT2D eigenvalue weighted by Gasteiger charge is -2.51. The molecule has 0 amide bonds. The summed E-state index contributed by atoms with van der Waals surface area (Å²) < 4.78 is 5.67. The maximum absolute atomic E-state index is 13.0. The summed E-state index contributed by atoms with van der Waals surface area (Å²) in [5, 5.41) is 32.4. The van der Waals surface area contributed by atoms with Gasteiger partial charge in [0.1, 0.15) is 17.6 Å². The SMILES string of the molecule is CC(C)c1cc2c(c(O)c1O)[C@@]13CCCC(C)(C)C1C(OC3=O)C2O. The van der Waals surface area contributed by atoms with Crippen molar-refractivity contribution in [1.29, 1.82) is 0 Å². The summed E-state index contributed by atoms with van der Waals surface area (Å²) in [6.07, 6.45) is 0.767. The first-order chi connectivity index (χ1) is 11.6. The first-order valence-corrected chi connectivity index (χ1v) is 9.11. The van der Waals surface area contributed by atoms with Crippen molar-refractivity contribution in [3.63, 3.8) is 0 Å². The van der Waals surface area contributed by atoms with Crippen molar-refractivity contribution in [2.24, 2.45) is 11.3 Å².